The summed E-state index contributed by atoms with van der Waals surface area (Å²) in [6.07, 6.45) is -0.330. The van der Waals surface area contributed by atoms with Crippen LogP contribution in [0.15, 0.2) is 0 Å². The van der Waals surface area contributed by atoms with Crippen LogP contribution in [0.4, 0.5) is 4.79 Å². The zero-order valence-electron chi connectivity index (χ0n) is 11.7. The molecular weight excluding hydrogens is 282 g/mol. The largest absolute Gasteiger partial charge is 0.481 e. The highest BCUT2D eigenvalue weighted by Crippen LogP contribution is 2.08. The van der Waals surface area contributed by atoms with E-state index in [1.807, 2.05) is 5.32 Å². The maximum absolute atomic E-state index is 11.9. The summed E-state index contributed by atoms with van der Waals surface area (Å²) >= 11 is 0. The lowest BCUT2D eigenvalue weighted by atomic mass is 10.0. The molecule has 1 saturated heterocycles. The normalized spacial score (nSPS) is 19.7. The summed E-state index contributed by atoms with van der Waals surface area (Å²) in [5.41, 5.74) is 0. The molecule has 5 amide bonds. The minimum absolute atomic E-state index is 0.138. The quantitative estimate of drug-likeness (QED) is 0.574. The molecule has 21 heavy (non-hydrogen) atoms. The van der Waals surface area contributed by atoms with Crippen LogP contribution in [0.25, 0.3) is 0 Å². The van der Waals surface area contributed by atoms with Crippen molar-refractivity contribution < 1.29 is 29.1 Å². The Balaban J connectivity index is 2.55. The van der Waals surface area contributed by atoms with Gasteiger partial charge in [0.2, 0.25) is 17.7 Å². The van der Waals surface area contributed by atoms with Crippen molar-refractivity contribution in [3.05, 3.63) is 0 Å². The average molecular weight is 299 g/mol. The van der Waals surface area contributed by atoms with Crippen LogP contribution in [0.3, 0.4) is 0 Å². The van der Waals surface area contributed by atoms with Crippen LogP contribution in [0.2, 0.25) is 0 Å². The van der Waals surface area contributed by atoms with Gasteiger partial charge in [-0.2, -0.15) is 0 Å². The van der Waals surface area contributed by atoms with E-state index in [1.165, 1.54) is 6.92 Å². The van der Waals surface area contributed by atoms with Gasteiger partial charge in [0, 0.05) is 12.8 Å². The van der Waals surface area contributed by atoms with Crippen molar-refractivity contribution in [1.29, 1.82) is 0 Å². The van der Waals surface area contributed by atoms with E-state index >= 15 is 0 Å². The zero-order valence-corrected chi connectivity index (χ0v) is 11.7. The molecule has 0 saturated carbocycles. The molecule has 1 fully saturated rings. The number of carbonyl (C=O) groups is 5. The topological polar surface area (TPSA) is 133 Å². The van der Waals surface area contributed by atoms with Crippen molar-refractivity contribution in [1.82, 2.24) is 15.5 Å². The van der Waals surface area contributed by atoms with E-state index in [9.17, 15) is 24.0 Å². The number of piperazine rings is 1. The number of nitrogens with one attached hydrogen (secondary N) is 2. The van der Waals surface area contributed by atoms with E-state index in [2.05, 4.69) is 5.32 Å². The fourth-order valence-electron chi connectivity index (χ4n) is 1.89. The summed E-state index contributed by atoms with van der Waals surface area (Å²) in [4.78, 5) is 57.5. The Kier molecular flexibility index (Phi) is 5.39. The summed E-state index contributed by atoms with van der Waals surface area (Å²) in [7, 11) is 0. The predicted molar refractivity (Wildman–Crippen MR) is 68.9 cm³/mol. The van der Waals surface area contributed by atoms with Crippen molar-refractivity contribution in [3.8, 4) is 0 Å². The second-order valence-corrected chi connectivity index (χ2v) is 4.98. The molecule has 1 aliphatic rings. The summed E-state index contributed by atoms with van der Waals surface area (Å²) in [5.74, 6) is -3.36. The number of imide groups is 2. The van der Waals surface area contributed by atoms with Crippen molar-refractivity contribution in [2.45, 2.75) is 32.7 Å². The monoisotopic (exact) mass is 299 g/mol. The highest BCUT2D eigenvalue weighted by Gasteiger charge is 2.34. The fourth-order valence-corrected chi connectivity index (χ4v) is 1.89. The van der Waals surface area contributed by atoms with Gasteiger partial charge in [0.05, 0.1) is 0 Å². The van der Waals surface area contributed by atoms with Gasteiger partial charge in [0.1, 0.15) is 12.6 Å². The summed E-state index contributed by atoms with van der Waals surface area (Å²) in [6, 6.07) is -1.72. The third-order valence-corrected chi connectivity index (χ3v) is 2.99. The van der Waals surface area contributed by atoms with Crippen LogP contribution in [0.1, 0.15) is 26.7 Å². The zero-order chi connectivity index (χ0) is 16.2. The molecule has 0 aromatic carbocycles. The van der Waals surface area contributed by atoms with Gasteiger partial charge < -0.3 is 10.0 Å². The lowest BCUT2D eigenvalue weighted by molar-refractivity contribution is -0.139. The minimum atomic E-state index is -1.03. The van der Waals surface area contributed by atoms with Gasteiger partial charge in [-0.05, 0) is 12.8 Å². The maximum Gasteiger partial charge on any atom is 0.325 e. The van der Waals surface area contributed by atoms with E-state index in [4.69, 9.17) is 5.11 Å². The molecule has 0 spiro atoms. The van der Waals surface area contributed by atoms with Crippen molar-refractivity contribution in [2.75, 3.05) is 6.54 Å². The molecule has 0 bridgehead atoms. The Morgan fingerprint density at radius 2 is 2.00 bits per heavy atom. The number of carbonyl (C=O) groups excluding carboxylic acids is 4. The first-order valence-corrected chi connectivity index (χ1v) is 6.36. The van der Waals surface area contributed by atoms with Crippen LogP contribution in [0.5, 0.6) is 0 Å². The molecule has 1 heterocycles. The van der Waals surface area contributed by atoms with Gasteiger partial charge in [-0.15, -0.1) is 0 Å². The van der Waals surface area contributed by atoms with Crippen LogP contribution < -0.4 is 10.6 Å². The minimum Gasteiger partial charge on any atom is -0.481 e. The number of amides is 5. The second kappa shape index (κ2) is 6.82. The number of rotatable bonds is 4. The molecule has 0 radical (unpaired) electrons. The van der Waals surface area contributed by atoms with Gasteiger partial charge in [-0.25, -0.2) is 4.79 Å². The molecule has 2 atom stereocenters. The van der Waals surface area contributed by atoms with E-state index in [1.54, 1.807) is 6.92 Å². The number of carboxylic acids is 1. The first-order valence-electron chi connectivity index (χ1n) is 6.36. The molecule has 1 rings (SSSR count). The van der Waals surface area contributed by atoms with Gasteiger partial charge in [0.15, 0.2) is 0 Å². The van der Waals surface area contributed by atoms with Gasteiger partial charge in [-0.3, -0.25) is 29.8 Å². The Bertz CT molecular complexity index is 489. The van der Waals surface area contributed by atoms with Crippen LogP contribution in [-0.4, -0.2) is 52.3 Å². The van der Waals surface area contributed by atoms with E-state index in [-0.39, 0.29) is 19.4 Å². The highest BCUT2D eigenvalue weighted by atomic mass is 16.4. The summed E-state index contributed by atoms with van der Waals surface area (Å²) < 4.78 is 0. The van der Waals surface area contributed by atoms with Crippen molar-refractivity contribution >= 4 is 29.7 Å². The second-order valence-electron chi connectivity index (χ2n) is 4.98. The summed E-state index contributed by atoms with van der Waals surface area (Å²) in [5, 5.41) is 12.7. The van der Waals surface area contributed by atoms with Crippen molar-refractivity contribution in [2.24, 2.45) is 5.92 Å². The third kappa shape index (κ3) is 4.86. The Labute approximate surface area is 120 Å². The number of nitrogens with zero attached hydrogens (tertiary/aromatic N) is 1. The molecule has 9 heteroatoms. The Hall–Kier alpha value is -2.45. The molecule has 2 unspecified atom stereocenters. The maximum atomic E-state index is 11.9. The predicted octanol–water partition coefficient (Wildman–Crippen LogP) is -0.930. The van der Waals surface area contributed by atoms with E-state index in [0.717, 1.165) is 4.90 Å². The van der Waals surface area contributed by atoms with Crippen LogP contribution >= 0.6 is 0 Å². The van der Waals surface area contributed by atoms with Gasteiger partial charge >= 0.3 is 12.0 Å². The van der Waals surface area contributed by atoms with Crippen molar-refractivity contribution in [3.63, 3.8) is 0 Å². The number of hydrogen-bond donors (Lipinski definition) is 3. The number of urea groups is 1. The Morgan fingerprint density at radius 3 is 2.57 bits per heavy atom. The lowest BCUT2D eigenvalue weighted by Crippen LogP contribution is -2.61. The Morgan fingerprint density at radius 1 is 1.38 bits per heavy atom. The molecule has 1 aliphatic heterocycles. The first-order chi connectivity index (χ1) is 9.70. The molecule has 9 nitrogen and oxygen atoms in total. The number of aliphatic carboxylic acids is 1. The van der Waals surface area contributed by atoms with Crippen LogP contribution in [0, 0.1) is 5.92 Å². The fraction of sp³-hybridized carbons (Fsp3) is 0.583. The first kappa shape index (κ1) is 16.6. The molecule has 3 N–H and O–H groups in total. The molecule has 116 valence electrons. The highest BCUT2D eigenvalue weighted by molar-refractivity contribution is 6.05. The standard InChI is InChI=1S/C12H17N3O6/c1-6(4-10(18)19)3-8(16)14-12(21)15-5-9(17)13-11(20)7(15)2/h6-7H,3-5H2,1-2H3,(H,18,19)(H,13,17,20)(H,14,16,21). The SMILES string of the molecule is CC(CC(=O)O)CC(=O)NC(=O)N1CC(=O)NC(=O)C1C. The molecule has 0 aromatic heterocycles. The van der Waals surface area contributed by atoms with Gasteiger partial charge in [0.25, 0.3) is 0 Å². The average Bonchev–Trinajstić information content (AvgIpc) is 2.31. The smallest absolute Gasteiger partial charge is 0.325 e. The van der Waals surface area contributed by atoms with E-state index < -0.39 is 41.7 Å². The van der Waals surface area contributed by atoms with E-state index in [0.29, 0.717) is 0 Å². The lowest BCUT2D eigenvalue weighted by Gasteiger charge is -2.31. The third-order valence-electron chi connectivity index (χ3n) is 2.99. The molecule has 0 aliphatic carbocycles. The number of hydrogen-bond acceptors (Lipinski definition) is 5. The number of carboxylic acid groups (broad SMARTS) is 1. The van der Waals surface area contributed by atoms with Crippen LogP contribution in [-0.2, 0) is 19.2 Å². The summed E-state index contributed by atoms with van der Waals surface area (Å²) in [6.45, 7) is 2.67. The molecular formula is C12H17N3O6. The van der Waals surface area contributed by atoms with Gasteiger partial charge in [-0.1, -0.05) is 6.92 Å². The molecule has 0 aromatic rings.